The highest BCUT2D eigenvalue weighted by atomic mass is 79.9. The third kappa shape index (κ3) is 2.97. The second-order valence-corrected chi connectivity index (χ2v) is 5.42. The number of anilines is 3. The van der Waals surface area contributed by atoms with Crippen LogP contribution >= 0.6 is 15.9 Å². The number of hydrogen-bond acceptors (Lipinski definition) is 4. The van der Waals surface area contributed by atoms with Crippen LogP contribution in [-0.2, 0) is 0 Å². The van der Waals surface area contributed by atoms with Crippen LogP contribution in [0.5, 0.6) is 0 Å². The predicted octanol–water partition coefficient (Wildman–Crippen LogP) is 4.57. The number of aromatic nitrogens is 2. The van der Waals surface area contributed by atoms with E-state index in [-0.39, 0.29) is 0 Å². The van der Waals surface area contributed by atoms with E-state index in [9.17, 15) is 0 Å². The van der Waals surface area contributed by atoms with E-state index in [0.717, 1.165) is 27.9 Å². The van der Waals surface area contributed by atoms with Gasteiger partial charge in [-0.05, 0) is 30.5 Å². The van der Waals surface area contributed by atoms with E-state index in [1.807, 2.05) is 37.3 Å². The van der Waals surface area contributed by atoms with Gasteiger partial charge < -0.3 is 10.6 Å². The molecule has 3 rings (SSSR count). The molecule has 2 aromatic carbocycles. The van der Waals surface area contributed by atoms with Crippen LogP contribution in [0, 0.1) is 0 Å². The molecular formula is C16H15BrN4. The standard InChI is InChI=1S/C16H15BrN4/c1-2-18-16-19-10-9-15(21-16)20-14-8-7-13(17)11-5-3-4-6-12(11)14/h3-10H,2H2,1H3,(H2,18,19,20,21). The maximum Gasteiger partial charge on any atom is 0.224 e. The number of hydrogen-bond donors (Lipinski definition) is 2. The molecule has 1 aromatic heterocycles. The first-order chi connectivity index (χ1) is 10.3. The number of benzene rings is 2. The molecule has 0 fully saturated rings. The van der Waals surface area contributed by atoms with Crippen molar-refractivity contribution < 1.29 is 0 Å². The summed E-state index contributed by atoms with van der Waals surface area (Å²) in [6.45, 7) is 2.82. The van der Waals surface area contributed by atoms with Crippen molar-refractivity contribution in [2.24, 2.45) is 0 Å². The molecule has 1 heterocycles. The summed E-state index contributed by atoms with van der Waals surface area (Å²) >= 11 is 3.59. The van der Waals surface area contributed by atoms with Crippen molar-refractivity contribution in [1.29, 1.82) is 0 Å². The van der Waals surface area contributed by atoms with Crippen LogP contribution in [0.4, 0.5) is 17.5 Å². The van der Waals surface area contributed by atoms with Crippen LogP contribution in [0.2, 0.25) is 0 Å². The van der Waals surface area contributed by atoms with Gasteiger partial charge in [0.15, 0.2) is 0 Å². The van der Waals surface area contributed by atoms with Crippen LogP contribution in [0.1, 0.15) is 6.92 Å². The molecule has 0 spiro atoms. The minimum absolute atomic E-state index is 0.629. The minimum atomic E-state index is 0.629. The Bertz CT molecular complexity index is 773. The van der Waals surface area contributed by atoms with Gasteiger partial charge in [0.1, 0.15) is 5.82 Å². The monoisotopic (exact) mass is 342 g/mol. The first-order valence-electron chi connectivity index (χ1n) is 6.79. The summed E-state index contributed by atoms with van der Waals surface area (Å²) in [6, 6.07) is 14.2. The Morgan fingerprint density at radius 3 is 2.67 bits per heavy atom. The highest BCUT2D eigenvalue weighted by molar-refractivity contribution is 9.10. The molecule has 4 nitrogen and oxygen atoms in total. The largest absolute Gasteiger partial charge is 0.354 e. The first kappa shape index (κ1) is 13.8. The molecule has 0 radical (unpaired) electrons. The smallest absolute Gasteiger partial charge is 0.224 e. The fourth-order valence-corrected chi connectivity index (χ4v) is 2.66. The number of nitrogens with one attached hydrogen (secondary N) is 2. The second-order valence-electron chi connectivity index (χ2n) is 4.56. The Labute approximate surface area is 131 Å². The Balaban J connectivity index is 1.98. The van der Waals surface area contributed by atoms with Gasteiger partial charge in [0, 0.05) is 28.3 Å². The van der Waals surface area contributed by atoms with Gasteiger partial charge in [-0.2, -0.15) is 4.98 Å². The first-order valence-corrected chi connectivity index (χ1v) is 7.58. The molecule has 0 atom stereocenters. The molecule has 0 aliphatic rings. The summed E-state index contributed by atoms with van der Waals surface area (Å²) in [5.41, 5.74) is 1.02. The second kappa shape index (κ2) is 6.10. The Morgan fingerprint density at radius 2 is 1.86 bits per heavy atom. The Hall–Kier alpha value is -2.14. The third-order valence-electron chi connectivity index (χ3n) is 3.12. The lowest BCUT2D eigenvalue weighted by atomic mass is 10.1. The van der Waals surface area contributed by atoms with Crippen molar-refractivity contribution in [3.8, 4) is 0 Å². The van der Waals surface area contributed by atoms with Crippen LogP contribution < -0.4 is 10.6 Å². The summed E-state index contributed by atoms with van der Waals surface area (Å²) in [4.78, 5) is 8.62. The van der Waals surface area contributed by atoms with Crippen molar-refractivity contribution in [3.05, 3.63) is 53.1 Å². The van der Waals surface area contributed by atoms with Gasteiger partial charge in [0.25, 0.3) is 0 Å². The highest BCUT2D eigenvalue weighted by Gasteiger charge is 2.05. The molecule has 2 N–H and O–H groups in total. The lowest BCUT2D eigenvalue weighted by Crippen LogP contribution is -2.03. The molecule has 21 heavy (non-hydrogen) atoms. The average Bonchev–Trinajstić information content (AvgIpc) is 2.51. The number of halogens is 1. The fraction of sp³-hybridized carbons (Fsp3) is 0.125. The summed E-state index contributed by atoms with van der Waals surface area (Å²) in [6.07, 6.45) is 1.74. The normalized spacial score (nSPS) is 10.6. The molecule has 3 aromatic rings. The average molecular weight is 343 g/mol. The fourth-order valence-electron chi connectivity index (χ4n) is 2.18. The van der Waals surface area contributed by atoms with E-state index in [4.69, 9.17) is 0 Å². The van der Waals surface area contributed by atoms with E-state index in [0.29, 0.717) is 5.95 Å². The van der Waals surface area contributed by atoms with Crippen molar-refractivity contribution in [2.75, 3.05) is 17.2 Å². The van der Waals surface area contributed by atoms with Crippen LogP contribution in [-0.4, -0.2) is 16.5 Å². The van der Waals surface area contributed by atoms with Crippen LogP contribution in [0.25, 0.3) is 10.8 Å². The van der Waals surface area contributed by atoms with Crippen LogP contribution in [0.3, 0.4) is 0 Å². The van der Waals surface area contributed by atoms with Gasteiger partial charge >= 0.3 is 0 Å². The molecule has 0 saturated heterocycles. The van der Waals surface area contributed by atoms with Gasteiger partial charge in [0.2, 0.25) is 5.95 Å². The van der Waals surface area contributed by atoms with Crippen molar-refractivity contribution in [2.45, 2.75) is 6.92 Å². The van der Waals surface area contributed by atoms with Crippen molar-refractivity contribution in [1.82, 2.24) is 9.97 Å². The van der Waals surface area contributed by atoms with Crippen LogP contribution in [0.15, 0.2) is 53.1 Å². The quantitative estimate of drug-likeness (QED) is 0.729. The SMILES string of the molecule is CCNc1nccc(Nc2ccc(Br)c3ccccc23)n1. The number of fused-ring (bicyclic) bond motifs is 1. The van der Waals surface area contributed by atoms with Gasteiger partial charge in [-0.15, -0.1) is 0 Å². The van der Waals surface area contributed by atoms with E-state index in [2.05, 4.69) is 48.7 Å². The Kier molecular flexibility index (Phi) is 4.01. The van der Waals surface area contributed by atoms with Gasteiger partial charge in [-0.25, -0.2) is 4.98 Å². The van der Waals surface area contributed by atoms with E-state index in [1.54, 1.807) is 6.20 Å². The maximum absolute atomic E-state index is 4.44. The molecule has 0 aliphatic heterocycles. The lowest BCUT2D eigenvalue weighted by Gasteiger charge is -2.11. The number of nitrogens with zero attached hydrogens (tertiary/aromatic N) is 2. The molecule has 106 valence electrons. The molecule has 0 bridgehead atoms. The molecule has 5 heteroatoms. The third-order valence-corrected chi connectivity index (χ3v) is 3.82. The zero-order valence-electron chi connectivity index (χ0n) is 11.6. The highest BCUT2D eigenvalue weighted by Crippen LogP contribution is 2.31. The number of rotatable bonds is 4. The zero-order chi connectivity index (χ0) is 14.7. The molecule has 0 aliphatic carbocycles. The van der Waals surface area contributed by atoms with E-state index in [1.165, 1.54) is 5.39 Å². The molecule has 0 amide bonds. The van der Waals surface area contributed by atoms with Gasteiger partial charge in [-0.3, -0.25) is 0 Å². The summed E-state index contributed by atoms with van der Waals surface area (Å²) in [7, 11) is 0. The van der Waals surface area contributed by atoms with Gasteiger partial charge in [0.05, 0.1) is 0 Å². The molecule has 0 saturated carbocycles. The van der Waals surface area contributed by atoms with Gasteiger partial charge in [-0.1, -0.05) is 40.2 Å². The van der Waals surface area contributed by atoms with E-state index < -0.39 is 0 Å². The Morgan fingerprint density at radius 1 is 1.05 bits per heavy atom. The van der Waals surface area contributed by atoms with E-state index >= 15 is 0 Å². The maximum atomic E-state index is 4.44. The molecule has 0 unspecified atom stereocenters. The zero-order valence-corrected chi connectivity index (χ0v) is 13.2. The molecular weight excluding hydrogens is 328 g/mol. The lowest BCUT2D eigenvalue weighted by molar-refractivity contribution is 1.09. The summed E-state index contributed by atoms with van der Waals surface area (Å²) in [5, 5.41) is 8.79. The topological polar surface area (TPSA) is 49.8 Å². The minimum Gasteiger partial charge on any atom is -0.354 e. The van der Waals surface area contributed by atoms with Crippen molar-refractivity contribution >= 4 is 44.2 Å². The predicted molar refractivity (Wildman–Crippen MR) is 91.1 cm³/mol. The summed E-state index contributed by atoms with van der Waals surface area (Å²) < 4.78 is 1.08. The van der Waals surface area contributed by atoms with Crippen molar-refractivity contribution in [3.63, 3.8) is 0 Å². The summed E-state index contributed by atoms with van der Waals surface area (Å²) in [5.74, 6) is 1.40.